The molecule has 0 unspecified atom stereocenters. The fraction of sp³-hybridized carbons (Fsp3) is 0.654. The van der Waals surface area contributed by atoms with E-state index in [1.165, 1.54) is 0 Å². The first-order valence-corrected chi connectivity index (χ1v) is 12.7. The summed E-state index contributed by atoms with van der Waals surface area (Å²) >= 11 is 0. The zero-order chi connectivity index (χ0) is 26.5. The summed E-state index contributed by atoms with van der Waals surface area (Å²) in [4.78, 5) is 41.0. The Kier molecular flexibility index (Phi) is 6.90. The topological polar surface area (TPSA) is 97.4 Å². The van der Waals surface area contributed by atoms with Crippen molar-refractivity contribution in [2.45, 2.75) is 90.7 Å². The molecular formula is C26H38BN3O6. The molecule has 2 saturated heterocycles. The summed E-state index contributed by atoms with van der Waals surface area (Å²) in [5.41, 5.74) is 0.929. The van der Waals surface area contributed by atoms with Crippen molar-refractivity contribution < 1.29 is 28.4 Å². The molecule has 1 N–H and O–H groups in total. The van der Waals surface area contributed by atoms with E-state index in [4.69, 9.17) is 14.0 Å². The van der Waals surface area contributed by atoms with Gasteiger partial charge >= 0.3 is 13.2 Å². The maximum Gasteiger partial charge on any atom is 0.494 e. The molecule has 4 rings (SSSR count). The van der Waals surface area contributed by atoms with Crippen LogP contribution in [-0.2, 0) is 25.4 Å². The van der Waals surface area contributed by atoms with Crippen LogP contribution >= 0.6 is 0 Å². The number of carbonyl (C=O) groups is 3. The van der Waals surface area contributed by atoms with Gasteiger partial charge in [-0.25, -0.2) is 4.79 Å². The molecule has 0 spiro atoms. The molecule has 0 bridgehead atoms. The lowest BCUT2D eigenvalue weighted by Crippen LogP contribution is -2.47. The maximum atomic E-state index is 13.1. The minimum atomic E-state index is -0.641. The molecule has 0 saturated carbocycles. The van der Waals surface area contributed by atoms with Gasteiger partial charge in [-0.1, -0.05) is 12.1 Å². The quantitative estimate of drug-likeness (QED) is 0.605. The molecule has 3 heterocycles. The van der Waals surface area contributed by atoms with Crippen molar-refractivity contribution in [1.29, 1.82) is 0 Å². The van der Waals surface area contributed by atoms with E-state index in [1.54, 1.807) is 9.80 Å². The first-order chi connectivity index (χ1) is 16.6. The molecular weight excluding hydrogens is 461 g/mol. The Morgan fingerprint density at radius 1 is 1.19 bits per heavy atom. The van der Waals surface area contributed by atoms with Gasteiger partial charge in [0.2, 0.25) is 5.91 Å². The Hall–Kier alpha value is -2.59. The molecule has 3 amide bonds. The third-order valence-electron chi connectivity index (χ3n) is 7.35. The first-order valence-electron chi connectivity index (χ1n) is 12.7. The van der Waals surface area contributed by atoms with Crippen LogP contribution in [0, 0.1) is 0 Å². The van der Waals surface area contributed by atoms with Gasteiger partial charge in [-0.3, -0.25) is 9.59 Å². The van der Waals surface area contributed by atoms with Crippen LogP contribution in [0.5, 0.6) is 0 Å². The SMILES string of the molecule is CC(C)(C)OC(=O)N(CCN1Cc2cc(B3OC(C)(C)C(C)(C)O3)ccc2C1=O)C[C@@H]1CCC(=O)N1. The van der Waals surface area contributed by atoms with E-state index in [1.807, 2.05) is 66.7 Å². The monoisotopic (exact) mass is 499 g/mol. The van der Waals surface area contributed by atoms with Crippen LogP contribution in [0.3, 0.4) is 0 Å². The summed E-state index contributed by atoms with van der Waals surface area (Å²) in [6, 6.07) is 5.59. The number of rotatable bonds is 6. The van der Waals surface area contributed by atoms with E-state index >= 15 is 0 Å². The average Bonchev–Trinajstić information content (AvgIpc) is 3.37. The lowest BCUT2D eigenvalue weighted by molar-refractivity contribution is -0.119. The largest absolute Gasteiger partial charge is 0.494 e. The smallest absolute Gasteiger partial charge is 0.444 e. The molecule has 1 atom stereocenters. The number of nitrogens with one attached hydrogen (secondary N) is 1. The van der Waals surface area contributed by atoms with Gasteiger partial charge in [0, 0.05) is 44.2 Å². The molecule has 0 radical (unpaired) electrons. The molecule has 0 aromatic heterocycles. The summed E-state index contributed by atoms with van der Waals surface area (Å²) in [6.07, 6.45) is 0.682. The zero-order valence-electron chi connectivity index (χ0n) is 22.5. The number of amides is 3. The summed E-state index contributed by atoms with van der Waals surface area (Å²) in [6.45, 7) is 15.0. The Bertz CT molecular complexity index is 1030. The highest BCUT2D eigenvalue weighted by molar-refractivity contribution is 6.62. The van der Waals surface area contributed by atoms with E-state index in [2.05, 4.69) is 5.32 Å². The lowest BCUT2D eigenvalue weighted by atomic mass is 9.78. The van der Waals surface area contributed by atoms with Crippen LogP contribution in [0.15, 0.2) is 18.2 Å². The van der Waals surface area contributed by atoms with Gasteiger partial charge < -0.3 is 29.2 Å². The molecule has 3 aliphatic rings. The molecule has 196 valence electrons. The Morgan fingerprint density at radius 2 is 1.86 bits per heavy atom. The van der Waals surface area contributed by atoms with Crippen LogP contribution in [0.4, 0.5) is 4.79 Å². The number of carbonyl (C=O) groups excluding carboxylic acids is 3. The van der Waals surface area contributed by atoms with E-state index in [0.29, 0.717) is 44.6 Å². The lowest BCUT2D eigenvalue weighted by Gasteiger charge is -2.32. The van der Waals surface area contributed by atoms with Gasteiger partial charge in [-0.05, 0) is 72.0 Å². The van der Waals surface area contributed by atoms with E-state index in [0.717, 1.165) is 11.0 Å². The van der Waals surface area contributed by atoms with E-state index in [-0.39, 0.29) is 17.9 Å². The Morgan fingerprint density at radius 3 is 2.44 bits per heavy atom. The molecule has 1 aromatic carbocycles. The fourth-order valence-electron chi connectivity index (χ4n) is 4.61. The molecule has 1 aromatic rings. The highest BCUT2D eigenvalue weighted by Gasteiger charge is 2.52. The van der Waals surface area contributed by atoms with Crippen molar-refractivity contribution in [2.75, 3.05) is 19.6 Å². The van der Waals surface area contributed by atoms with E-state index < -0.39 is 30.0 Å². The second-order valence-corrected chi connectivity index (χ2v) is 12.0. The van der Waals surface area contributed by atoms with Gasteiger partial charge in [0.15, 0.2) is 0 Å². The Balaban J connectivity index is 1.42. The summed E-state index contributed by atoms with van der Waals surface area (Å²) in [5.74, 6) is -0.0733. The van der Waals surface area contributed by atoms with E-state index in [9.17, 15) is 14.4 Å². The average molecular weight is 499 g/mol. The molecule has 9 nitrogen and oxygen atoms in total. The van der Waals surface area contributed by atoms with Crippen LogP contribution in [0.25, 0.3) is 0 Å². The number of hydrogen-bond donors (Lipinski definition) is 1. The summed E-state index contributed by atoms with van der Waals surface area (Å²) < 4.78 is 17.9. The van der Waals surface area contributed by atoms with Gasteiger partial charge in [0.25, 0.3) is 5.91 Å². The second kappa shape index (κ2) is 9.37. The molecule has 3 aliphatic heterocycles. The van der Waals surface area contributed by atoms with Crippen molar-refractivity contribution in [3.05, 3.63) is 29.3 Å². The highest BCUT2D eigenvalue weighted by atomic mass is 16.7. The van der Waals surface area contributed by atoms with Crippen molar-refractivity contribution >= 4 is 30.5 Å². The number of ether oxygens (including phenoxy) is 1. The minimum Gasteiger partial charge on any atom is -0.444 e. The van der Waals surface area contributed by atoms with Crippen LogP contribution in [-0.4, -0.2) is 77.3 Å². The fourth-order valence-corrected chi connectivity index (χ4v) is 4.61. The summed E-state index contributed by atoms with van der Waals surface area (Å²) in [5, 5.41) is 2.90. The molecule has 10 heteroatoms. The van der Waals surface area contributed by atoms with Gasteiger partial charge in [0.05, 0.1) is 11.2 Å². The van der Waals surface area contributed by atoms with Crippen LogP contribution in [0.1, 0.15) is 77.2 Å². The minimum absolute atomic E-state index is 0.00731. The number of fused-ring (bicyclic) bond motifs is 1. The number of benzene rings is 1. The van der Waals surface area contributed by atoms with Crippen molar-refractivity contribution in [2.24, 2.45) is 0 Å². The number of hydrogen-bond acceptors (Lipinski definition) is 6. The first kappa shape index (κ1) is 26.5. The normalized spacial score (nSPS) is 22.6. The van der Waals surface area contributed by atoms with Crippen molar-refractivity contribution in [3.8, 4) is 0 Å². The third-order valence-corrected chi connectivity index (χ3v) is 7.35. The number of nitrogens with zero attached hydrogens (tertiary/aromatic N) is 2. The Labute approximate surface area is 214 Å². The molecule has 2 fully saturated rings. The van der Waals surface area contributed by atoms with Gasteiger partial charge in [0.1, 0.15) is 5.60 Å². The highest BCUT2D eigenvalue weighted by Crippen LogP contribution is 2.36. The predicted molar refractivity (Wildman–Crippen MR) is 136 cm³/mol. The van der Waals surface area contributed by atoms with Crippen molar-refractivity contribution in [3.63, 3.8) is 0 Å². The third kappa shape index (κ3) is 5.54. The maximum absolute atomic E-state index is 13.1. The van der Waals surface area contributed by atoms with Gasteiger partial charge in [-0.2, -0.15) is 0 Å². The molecule has 0 aliphatic carbocycles. The van der Waals surface area contributed by atoms with Crippen LogP contribution in [0.2, 0.25) is 0 Å². The second-order valence-electron chi connectivity index (χ2n) is 12.0. The van der Waals surface area contributed by atoms with Crippen molar-refractivity contribution in [1.82, 2.24) is 15.1 Å². The van der Waals surface area contributed by atoms with Crippen LogP contribution < -0.4 is 10.8 Å². The predicted octanol–water partition coefficient (Wildman–Crippen LogP) is 2.46. The van der Waals surface area contributed by atoms with Gasteiger partial charge in [-0.15, -0.1) is 0 Å². The summed E-state index contributed by atoms with van der Waals surface area (Å²) in [7, 11) is -0.492. The standard InChI is InChI=1S/C26H38BN3O6/c1-24(2,3)34-23(33)30(16-19-9-11-21(31)28-19)13-12-29-15-17-14-18(8-10-20(17)22(29)32)27-35-25(4,5)26(6,7)36-27/h8,10,14,19H,9,11-13,15-16H2,1-7H3,(H,28,31)/t19-/m0/s1. The zero-order valence-corrected chi connectivity index (χ0v) is 22.5. The molecule has 36 heavy (non-hydrogen) atoms.